The van der Waals surface area contributed by atoms with E-state index in [0.717, 1.165) is 6.07 Å². The largest absolute Gasteiger partial charge is 0.449 e. The van der Waals surface area contributed by atoms with E-state index in [-0.39, 0.29) is 40.0 Å². The first kappa shape index (κ1) is 25.6. The molecule has 0 bridgehead atoms. The van der Waals surface area contributed by atoms with Crippen LogP contribution in [0.4, 0.5) is 5.69 Å². The fraction of sp³-hybridized carbons (Fsp3) is 0.381. The highest BCUT2D eigenvalue weighted by molar-refractivity contribution is 7.89. The molecule has 0 unspecified atom stereocenters. The Labute approximate surface area is 191 Å². The van der Waals surface area contributed by atoms with Gasteiger partial charge in [0.1, 0.15) is 11.3 Å². The van der Waals surface area contributed by atoms with E-state index in [1.54, 1.807) is 20.8 Å². The molecule has 0 saturated heterocycles. The molecule has 0 aliphatic rings. The minimum Gasteiger partial charge on any atom is -0.449 e. The molecule has 0 aliphatic carbocycles. The second kappa shape index (κ2) is 10.3. The number of benzene rings is 1. The van der Waals surface area contributed by atoms with Crippen molar-refractivity contribution in [2.45, 2.75) is 45.6 Å². The zero-order valence-corrected chi connectivity index (χ0v) is 20.0. The standard InChI is InChI=1S/C21H25ClN2O7S/c1-6-24(7-2)32(28,29)15-8-9-16(22)17(11-15)23-20(26)14(5)31-21(27)19-12(3)10-18(25)30-13(19)4/h8-11,14H,6-7H2,1-5H3,(H,23,26)/t14-/m0/s1. The third-order valence-corrected chi connectivity index (χ3v) is 7.11. The van der Waals surface area contributed by atoms with Gasteiger partial charge in [-0.3, -0.25) is 4.79 Å². The third kappa shape index (κ3) is 5.56. The number of sulfonamides is 1. The SMILES string of the molecule is CCN(CC)S(=O)(=O)c1ccc(Cl)c(NC(=O)[C@H](C)OC(=O)c2c(C)cc(=O)oc2C)c1. The number of ether oxygens (including phenoxy) is 1. The van der Waals surface area contributed by atoms with Gasteiger partial charge in [0.2, 0.25) is 10.0 Å². The molecule has 11 heteroatoms. The molecule has 174 valence electrons. The summed E-state index contributed by atoms with van der Waals surface area (Å²) in [5.41, 5.74) is -0.134. The Morgan fingerprint density at radius 3 is 2.38 bits per heavy atom. The number of anilines is 1. The minimum atomic E-state index is -3.76. The summed E-state index contributed by atoms with van der Waals surface area (Å²) in [6, 6.07) is 5.12. The fourth-order valence-electron chi connectivity index (χ4n) is 3.04. The van der Waals surface area contributed by atoms with Crippen LogP contribution in [-0.4, -0.2) is 43.8 Å². The Bertz CT molecular complexity index is 1160. The van der Waals surface area contributed by atoms with Gasteiger partial charge >= 0.3 is 11.6 Å². The number of carbonyl (C=O) groups is 2. The summed E-state index contributed by atoms with van der Waals surface area (Å²) in [6.07, 6.45) is -1.24. The molecular formula is C21H25ClN2O7S. The van der Waals surface area contributed by atoms with Gasteiger partial charge in [-0.15, -0.1) is 0 Å². The number of esters is 1. The average molecular weight is 485 g/mol. The molecule has 9 nitrogen and oxygen atoms in total. The van der Waals surface area contributed by atoms with Crippen molar-refractivity contribution in [1.29, 1.82) is 0 Å². The Morgan fingerprint density at radius 2 is 1.81 bits per heavy atom. The zero-order valence-electron chi connectivity index (χ0n) is 18.4. The maximum atomic E-state index is 12.7. The van der Waals surface area contributed by atoms with E-state index in [2.05, 4.69) is 5.32 Å². The van der Waals surface area contributed by atoms with Gasteiger partial charge in [0, 0.05) is 19.2 Å². The van der Waals surface area contributed by atoms with Crippen LogP contribution < -0.4 is 10.9 Å². The first-order chi connectivity index (χ1) is 14.9. The van der Waals surface area contributed by atoms with Crippen molar-refractivity contribution in [3.05, 3.63) is 56.6 Å². The van der Waals surface area contributed by atoms with Crippen LogP contribution in [0.15, 0.2) is 38.4 Å². The molecule has 1 amide bonds. The number of nitrogens with one attached hydrogen (secondary N) is 1. The van der Waals surface area contributed by atoms with E-state index in [0.29, 0.717) is 5.56 Å². The molecule has 0 spiro atoms. The molecule has 0 radical (unpaired) electrons. The Balaban J connectivity index is 2.22. The topological polar surface area (TPSA) is 123 Å². The van der Waals surface area contributed by atoms with Gasteiger partial charge in [0.25, 0.3) is 5.91 Å². The second-order valence-electron chi connectivity index (χ2n) is 6.95. The highest BCUT2D eigenvalue weighted by Gasteiger charge is 2.25. The van der Waals surface area contributed by atoms with E-state index in [1.807, 2.05) is 0 Å². The summed E-state index contributed by atoms with van der Waals surface area (Å²) in [5.74, 6) is -1.48. The summed E-state index contributed by atoms with van der Waals surface area (Å²) in [7, 11) is -3.76. The quantitative estimate of drug-likeness (QED) is 0.571. The predicted octanol–water partition coefficient (Wildman–Crippen LogP) is 3.12. The summed E-state index contributed by atoms with van der Waals surface area (Å²) >= 11 is 6.13. The van der Waals surface area contributed by atoms with Gasteiger partial charge < -0.3 is 14.5 Å². The van der Waals surface area contributed by atoms with Gasteiger partial charge in [-0.2, -0.15) is 4.31 Å². The molecule has 2 rings (SSSR count). The lowest BCUT2D eigenvalue weighted by Gasteiger charge is -2.20. The van der Waals surface area contributed by atoms with Crippen LogP contribution in [0.3, 0.4) is 0 Å². The first-order valence-corrected chi connectivity index (χ1v) is 11.7. The van der Waals surface area contributed by atoms with Crippen LogP contribution in [0.1, 0.15) is 42.5 Å². The van der Waals surface area contributed by atoms with Crippen LogP contribution in [0.2, 0.25) is 5.02 Å². The summed E-state index contributed by atoms with van der Waals surface area (Å²) in [6.45, 7) is 8.35. The normalized spacial score (nSPS) is 12.5. The summed E-state index contributed by atoms with van der Waals surface area (Å²) in [5, 5.41) is 2.61. The van der Waals surface area contributed by atoms with E-state index in [4.69, 9.17) is 20.8 Å². The zero-order chi connectivity index (χ0) is 24.2. The fourth-order valence-corrected chi connectivity index (χ4v) is 4.69. The monoisotopic (exact) mass is 484 g/mol. The molecule has 0 aliphatic heterocycles. The van der Waals surface area contributed by atoms with Crippen molar-refractivity contribution in [3.8, 4) is 0 Å². The second-order valence-corrected chi connectivity index (χ2v) is 9.29. The number of aryl methyl sites for hydroxylation is 2. The number of halogens is 1. The van der Waals surface area contributed by atoms with Crippen LogP contribution >= 0.6 is 11.6 Å². The number of hydrogen-bond acceptors (Lipinski definition) is 7. The average Bonchev–Trinajstić information content (AvgIpc) is 2.69. The molecule has 0 saturated carbocycles. The van der Waals surface area contributed by atoms with Gasteiger partial charge in [-0.05, 0) is 44.5 Å². The van der Waals surface area contributed by atoms with Crippen molar-refractivity contribution in [2.75, 3.05) is 18.4 Å². The van der Waals surface area contributed by atoms with Crippen molar-refractivity contribution in [3.63, 3.8) is 0 Å². The molecule has 1 N–H and O–H groups in total. The van der Waals surface area contributed by atoms with Crippen LogP contribution in [0, 0.1) is 13.8 Å². The maximum absolute atomic E-state index is 12.7. The first-order valence-electron chi connectivity index (χ1n) is 9.85. The Morgan fingerprint density at radius 1 is 1.19 bits per heavy atom. The molecule has 32 heavy (non-hydrogen) atoms. The predicted molar refractivity (Wildman–Crippen MR) is 120 cm³/mol. The number of rotatable bonds is 8. The molecule has 1 aromatic heterocycles. The molecular weight excluding hydrogens is 460 g/mol. The highest BCUT2D eigenvalue weighted by atomic mass is 35.5. The number of amides is 1. The summed E-state index contributed by atoms with van der Waals surface area (Å²) in [4.78, 5) is 36.4. The van der Waals surface area contributed by atoms with E-state index < -0.39 is 33.6 Å². The smallest absolute Gasteiger partial charge is 0.342 e. The van der Waals surface area contributed by atoms with Crippen molar-refractivity contribution < 1.29 is 27.2 Å². The van der Waals surface area contributed by atoms with E-state index in [9.17, 15) is 22.8 Å². The maximum Gasteiger partial charge on any atom is 0.342 e. The van der Waals surface area contributed by atoms with E-state index >= 15 is 0 Å². The summed E-state index contributed by atoms with van der Waals surface area (Å²) < 4.78 is 36.9. The molecule has 1 heterocycles. The van der Waals surface area contributed by atoms with Gasteiger partial charge in [-0.1, -0.05) is 25.4 Å². The number of nitrogens with zero attached hydrogens (tertiary/aromatic N) is 1. The molecule has 1 aromatic carbocycles. The Hall–Kier alpha value is -2.69. The van der Waals surface area contributed by atoms with Gasteiger partial charge in [0.05, 0.1) is 15.6 Å². The van der Waals surface area contributed by atoms with Crippen LogP contribution in [-0.2, 0) is 19.6 Å². The number of carbonyl (C=O) groups excluding carboxylic acids is 2. The molecule has 0 fully saturated rings. The van der Waals surface area contributed by atoms with Crippen LogP contribution in [0.25, 0.3) is 0 Å². The number of hydrogen-bond donors (Lipinski definition) is 1. The van der Waals surface area contributed by atoms with Gasteiger partial charge in [-0.25, -0.2) is 18.0 Å². The lowest BCUT2D eigenvalue weighted by Crippen LogP contribution is -2.32. The molecule has 1 atom stereocenters. The van der Waals surface area contributed by atoms with Crippen molar-refractivity contribution in [1.82, 2.24) is 4.31 Å². The Kier molecular flexibility index (Phi) is 8.22. The lowest BCUT2D eigenvalue weighted by molar-refractivity contribution is -0.123. The lowest BCUT2D eigenvalue weighted by atomic mass is 10.1. The minimum absolute atomic E-state index is 0.0314. The highest BCUT2D eigenvalue weighted by Crippen LogP contribution is 2.27. The van der Waals surface area contributed by atoms with Crippen LogP contribution in [0.5, 0.6) is 0 Å². The molecule has 2 aromatic rings. The van der Waals surface area contributed by atoms with Crippen molar-refractivity contribution >= 4 is 39.2 Å². The van der Waals surface area contributed by atoms with Gasteiger partial charge in [0.15, 0.2) is 6.10 Å². The van der Waals surface area contributed by atoms with Crippen molar-refractivity contribution in [2.24, 2.45) is 0 Å². The van der Waals surface area contributed by atoms with E-state index in [1.165, 1.54) is 36.4 Å². The third-order valence-electron chi connectivity index (χ3n) is 4.73.